The molecule has 0 aliphatic carbocycles. The Morgan fingerprint density at radius 3 is 2.48 bits per heavy atom. The minimum absolute atomic E-state index is 0.186. The summed E-state index contributed by atoms with van der Waals surface area (Å²) in [4.78, 5) is 4.59. The van der Waals surface area contributed by atoms with Crippen molar-refractivity contribution < 1.29 is 17.4 Å². The van der Waals surface area contributed by atoms with Crippen LogP contribution in [0.3, 0.4) is 0 Å². The van der Waals surface area contributed by atoms with E-state index in [-0.39, 0.29) is 10.8 Å². The van der Waals surface area contributed by atoms with E-state index in [2.05, 4.69) is 20.3 Å². The molecule has 11 heteroatoms. The van der Waals surface area contributed by atoms with E-state index >= 15 is 0 Å². The van der Waals surface area contributed by atoms with Crippen LogP contribution in [0.5, 0.6) is 0 Å². The zero-order chi connectivity index (χ0) is 23.4. The lowest BCUT2D eigenvalue weighted by Gasteiger charge is -2.18. The standard InChI is InChI=1S/C22H23N5O4S2/c1-4-27(5-2)33(28,29)18-8-6-7-17(13-18)21-24-25-22(30-21)32-14-19-23-20(26-31-19)16-11-9-15(3)10-12-16/h6-13H,4-5,14H2,1-3H3. The molecule has 0 aliphatic heterocycles. The first-order valence-corrected chi connectivity index (χ1v) is 12.8. The predicted molar refractivity (Wildman–Crippen MR) is 124 cm³/mol. The van der Waals surface area contributed by atoms with Crippen molar-refractivity contribution in [1.82, 2.24) is 24.6 Å². The lowest BCUT2D eigenvalue weighted by atomic mass is 10.1. The molecule has 0 spiro atoms. The molecule has 0 saturated carbocycles. The lowest BCUT2D eigenvalue weighted by molar-refractivity contribution is 0.391. The molecule has 2 aromatic heterocycles. The summed E-state index contributed by atoms with van der Waals surface area (Å²) in [6, 6.07) is 14.4. The zero-order valence-electron chi connectivity index (χ0n) is 18.4. The minimum Gasteiger partial charge on any atom is -0.411 e. The molecule has 172 valence electrons. The maximum absolute atomic E-state index is 12.8. The van der Waals surface area contributed by atoms with Crippen LogP contribution >= 0.6 is 11.8 Å². The van der Waals surface area contributed by atoms with Crippen molar-refractivity contribution in [2.75, 3.05) is 13.1 Å². The van der Waals surface area contributed by atoms with Crippen molar-refractivity contribution >= 4 is 21.8 Å². The summed E-state index contributed by atoms with van der Waals surface area (Å²) in [6.07, 6.45) is 0. The molecular formula is C22H23N5O4S2. The summed E-state index contributed by atoms with van der Waals surface area (Å²) in [6.45, 7) is 6.41. The molecule has 2 heterocycles. The molecule has 0 unspecified atom stereocenters. The zero-order valence-corrected chi connectivity index (χ0v) is 20.1. The predicted octanol–water partition coefficient (Wildman–Crippen LogP) is 4.42. The lowest BCUT2D eigenvalue weighted by Crippen LogP contribution is -2.30. The molecule has 0 atom stereocenters. The molecule has 4 aromatic rings. The van der Waals surface area contributed by atoms with E-state index in [9.17, 15) is 8.42 Å². The van der Waals surface area contributed by atoms with Gasteiger partial charge in [0.2, 0.25) is 27.6 Å². The van der Waals surface area contributed by atoms with Gasteiger partial charge in [-0.25, -0.2) is 8.42 Å². The average Bonchev–Trinajstić information content (AvgIpc) is 3.49. The smallest absolute Gasteiger partial charge is 0.277 e. The van der Waals surface area contributed by atoms with Crippen LogP contribution in [0.15, 0.2) is 67.6 Å². The van der Waals surface area contributed by atoms with Gasteiger partial charge in [-0.1, -0.05) is 66.7 Å². The van der Waals surface area contributed by atoms with Gasteiger partial charge >= 0.3 is 0 Å². The van der Waals surface area contributed by atoms with Crippen LogP contribution in [-0.4, -0.2) is 46.2 Å². The van der Waals surface area contributed by atoms with Crippen LogP contribution in [0, 0.1) is 6.92 Å². The van der Waals surface area contributed by atoms with Gasteiger partial charge < -0.3 is 8.94 Å². The van der Waals surface area contributed by atoms with Gasteiger partial charge in [0.25, 0.3) is 5.22 Å². The third-order valence-electron chi connectivity index (χ3n) is 4.93. The molecule has 0 aliphatic rings. The molecule has 0 N–H and O–H groups in total. The largest absolute Gasteiger partial charge is 0.411 e. The van der Waals surface area contributed by atoms with E-state index in [0.29, 0.717) is 41.3 Å². The highest BCUT2D eigenvalue weighted by Gasteiger charge is 2.22. The summed E-state index contributed by atoms with van der Waals surface area (Å²) in [5.41, 5.74) is 2.56. The van der Waals surface area contributed by atoms with E-state index < -0.39 is 10.0 Å². The Labute approximate surface area is 196 Å². The maximum atomic E-state index is 12.8. The summed E-state index contributed by atoms with van der Waals surface area (Å²) in [7, 11) is -3.58. The van der Waals surface area contributed by atoms with E-state index in [1.165, 1.54) is 16.1 Å². The maximum Gasteiger partial charge on any atom is 0.277 e. The van der Waals surface area contributed by atoms with Crippen molar-refractivity contribution in [2.24, 2.45) is 0 Å². The van der Waals surface area contributed by atoms with Crippen molar-refractivity contribution in [1.29, 1.82) is 0 Å². The van der Waals surface area contributed by atoms with Crippen LogP contribution in [0.1, 0.15) is 25.3 Å². The van der Waals surface area contributed by atoms with E-state index in [4.69, 9.17) is 8.94 Å². The fourth-order valence-electron chi connectivity index (χ4n) is 3.14. The Bertz CT molecular complexity index is 1330. The molecule has 0 saturated heterocycles. The molecular weight excluding hydrogens is 462 g/mol. The van der Waals surface area contributed by atoms with Crippen LogP contribution in [0.25, 0.3) is 22.8 Å². The van der Waals surface area contributed by atoms with Crippen molar-refractivity contribution in [2.45, 2.75) is 36.6 Å². The minimum atomic E-state index is -3.58. The number of sulfonamides is 1. The van der Waals surface area contributed by atoms with Crippen LogP contribution in [0.2, 0.25) is 0 Å². The molecule has 9 nitrogen and oxygen atoms in total. The van der Waals surface area contributed by atoms with Gasteiger partial charge in [-0.2, -0.15) is 9.29 Å². The molecule has 0 radical (unpaired) electrons. The topological polar surface area (TPSA) is 115 Å². The fourth-order valence-corrected chi connectivity index (χ4v) is 5.25. The molecule has 0 fully saturated rings. The number of nitrogens with zero attached hydrogens (tertiary/aromatic N) is 5. The Hall–Kier alpha value is -3.02. The highest BCUT2D eigenvalue weighted by Crippen LogP contribution is 2.28. The number of benzene rings is 2. The van der Waals surface area contributed by atoms with Gasteiger partial charge in [0, 0.05) is 24.2 Å². The normalized spacial score (nSPS) is 11.9. The van der Waals surface area contributed by atoms with E-state index in [0.717, 1.165) is 11.1 Å². The summed E-state index contributed by atoms with van der Waals surface area (Å²) in [5.74, 6) is 1.54. The average molecular weight is 486 g/mol. The second-order valence-electron chi connectivity index (χ2n) is 7.16. The Morgan fingerprint density at radius 1 is 1.00 bits per heavy atom. The van der Waals surface area contributed by atoms with Crippen LogP contribution in [-0.2, 0) is 15.8 Å². The molecule has 33 heavy (non-hydrogen) atoms. The van der Waals surface area contributed by atoms with E-state index in [1.807, 2.05) is 31.2 Å². The highest BCUT2D eigenvalue weighted by molar-refractivity contribution is 7.98. The van der Waals surface area contributed by atoms with Gasteiger partial charge in [0.1, 0.15) is 0 Å². The number of hydrogen-bond acceptors (Lipinski definition) is 9. The molecule has 0 bridgehead atoms. The molecule has 0 amide bonds. The fraction of sp³-hybridized carbons (Fsp3) is 0.273. The van der Waals surface area contributed by atoms with Gasteiger partial charge in [-0.15, -0.1) is 10.2 Å². The van der Waals surface area contributed by atoms with Crippen molar-refractivity contribution in [3.63, 3.8) is 0 Å². The Balaban J connectivity index is 1.45. The monoisotopic (exact) mass is 485 g/mol. The molecule has 2 aromatic carbocycles. The van der Waals surface area contributed by atoms with Gasteiger partial charge in [0.05, 0.1) is 10.6 Å². The van der Waals surface area contributed by atoms with Gasteiger partial charge in [-0.3, -0.25) is 0 Å². The first-order chi connectivity index (χ1) is 15.9. The second-order valence-corrected chi connectivity index (χ2v) is 10.0. The Morgan fingerprint density at radius 2 is 1.76 bits per heavy atom. The number of aryl methyl sites for hydroxylation is 1. The van der Waals surface area contributed by atoms with Crippen molar-refractivity contribution in [3.05, 3.63) is 60.0 Å². The number of hydrogen-bond donors (Lipinski definition) is 0. The first-order valence-electron chi connectivity index (χ1n) is 10.4. The van der Waals surface area contributed by atoms with Gasteiger partial charge in [-0.05, 0) is 25.1 Å². The van der Waals surface area contributed by atoms with Crippen molar-refractivity contribution in [3.8, 4) is 22.8 Å². The summed E-state index contributed by atoms with van der Waals surface area (Å²) < 4.78 is 38.0. The van der Waals surface area contributed by atoms with E-state index in [1.54, 1.807) is 38.1 Å². The summed E-state index contributed by atoms with van der Waals surface area (Å²) in [5, 5.41) is 12.4. The third-order valence-corrected chi connectivity index (χ3v) is 7.78. The SMILES string of the molecule is CCN(CC)S(=O)(=O)c1cccc(-c2nnc(SCc3nc(-c4ccc(C)cc4)no3)o2)c1. The highest BCUT2D eigenvalue weighted by atomic mass is 32.2. The summed E-state index contributed by atoms with van der Waals surface area (Å²) >= 11 is 1.26. The van der Waals surface area contributed by atoms with Gasteiger partial charge in [0.15, 0.2) is 0 Å². The number of rotatable bonds is 9. The Kier molecular flexibility index (Phi) is 6.91. The third kappa shape index (κ3) is 5.15. The molecule has 4 rings (SSSR count). The quantitative estimate of drug-likeness (QED) is 0.318. The first kappa shape index (κ1) is 23.1. The second kappa shape index (κ2) is 9.86. The van der Waals surface area contributed by atoms with Crippen LogP contribution in [0.4, 0.5) is 0 Å². The number of thioether (sulfide) groups is 1. The number of aromatic nitrogens is 4. The van der Waals surface area contributed by atoms with Crippen LogP contribution < -0.4 is 0 Å².